The molecule has 3 aromatic heterocycles. The maximum atomic E-state index is 14.9. The van der Waals surface area contributed by atoms with Gasteiger partial charge in [0.15, 0.2) is 5.52 Å². The van der Waals surface area contributed by atoms with Crippen LogP contribution in [0.2, 0.25) is 0 Å². The van der Waals surface area contributed by atoms with Crippen molar-refractivity contribution < 1.29 is 13.5 Å². The van der Waals surface area contributed by atoms with Crippen LogP contribution in [0.15, 0.2) is 41.3 Å². The highest BCUT2D eigenvalue weighted by atomic mass is 19.1. The molecule has 0 amide bonds. The summed E-state index contributed by atoms with van der Waals surface area (Å²) in [7, 11) is 1.60. The first-order valence-corrected chi connectivity index (χ1v) is 12.6. The first-order valence-electron chi connectivity index (χ1n) is 12.6. The molecule has 10 heteroatoms. The fraction of sp³-hybridized carbons (Fsp3) is 0.393. The van der Waals surface area contributed by atoms with Crippen molar-refractivity contribution in [2.45, 2.75) is 53.2 Å². The molecule has 1 atom stereocenters. The lowest BCUT2D eigenvalue weighted by atomic mass is 10.0. The summed E-state index contributed by atoms with van der Waals surface area (Å²) in [5, 5.41) is 0. The van der Waals surface area contributed by atoms with Gasteiger partial charge < -0.3 is 9.64 Å². The zero-order chi connectivity index (χ0) is 27.8. The average molecular weight is 523 g/mol. The molecule has 200 valence electrons. The Morgan fingerprint density at radius 3 is 2.45 bits per heavy atom. The molecule has 1 fully saturated rings. The van der Waals surface area contributed by atoms with Crippen LogP contribution in [0.4, 0.5) is 14.7 Å². The van der Waals surface area contributed by atoms with E-state index < -0.39 is 17.2 Å². The van der Waals surface area contributed by atoms with Crippen LogP contribution in [0.5, 0.6) is 0 Å². The Kier molecular flexibility index (Phi) is 7.55. The predicted octanol–water partition coefficient (Wildman–Crippen LogP) is 5.06. The van der Waals surface area contributed by atoms with Gasteiger partial charge in [0.1, 0.15) is 34.8 Å². The topological polar surface area (TPSA) is 86.0 Å². The summed E-state index contributed by atoms with van der Waals surface area (Å²) in [6.45, 7) is 12.4. The van der Waals surface area contributed by atoms with Crippen molar-refractivity contribution in [3.63, 3.8) is 0 Å². The Hall–Kier alpha value is -3.79. The highest BCUT2D eigenvalue weighted by molar-refractivity contribution is 5.89. The zero-order valence-electron chi connectivity index (χ0n) is 22.7. The first kappa shape index (κ1) is 27.3. The monoisotopic (exact) mass is 522 g/mol. The van der Waals surface area contributed by atoms with Crippen LogP contribution >= 0.6 is 0 Å². The third kappa shape index (κ3) is 5.26. The largest absolute Gasteiger partial charge is 0.364 e. The summed E-state index contributed by atoms with van der Waals surface area (Å²) < 4.78 is 36.3. The third-order valence-electron chi connectivity index (χ3n) is 6.32. The summed E-state index contributed by atoms with van der Waals surface area (Å²) >= 11 is 0. The second kappa shape index (κ2) is 10.5. The van der Waals surface area contributed by atoms with Crippen LogP contribution in [0, 0.1) is 25.5 Å². The molecule has 0 N–H and O–H groups in total. The van der Waals surface area contributed by atoms with Gasteiger partial charge in [-0.3, -0.25) is 14.3 Å². The number of aromatic nitrogens is 5. The smallest absolute Gasteiger partial charge is 0.279 e. The Morgan fingerprint density at radius 1 is 1.03 bits per heavy atom. The SMILES string of the molecule is CC.Cc1cc([C@@H]2CN(c3nc(-c4ccc(F)cc4F)c4nc(C)n(C)c(=O)c4n3)CC(C)(C)O2)ccn1. The molecule has 0 aliphatic carbocycles. The van der Waals surface area contributed by atoms with Crippen molar-refractivity contribution in [2.24, 2.45) is 7.05 Å². The lowest BCUT2D eigenvalue weighted by Gasteiger charge is -2.43. The molecular formula is C28H32F2N6O2. The van der Waals surface area contributed by atoms with Crippen LogP contribution in [0.25, 0.3) is 22.3 Å². The van der Waals surface area contributed by atoms with Crippen molar-refractivity contribution in [3.8, 4) is 11.3 Å². The van der Waals surface area contributed by atoms with Gasteiger partial charge in [0.05, 0.1) is 12.1 Å². The van der Waals surface area contributed by atoms with Crippen molar-refractivity contribution in [2.75, 3.05) is 18.0 Å². The number of anilines is 1. The number of pyridine rings is 1. The Balaban J connectivity index is 0.00000164. The Labute approximate surface area is 220 Å². The molecular weight excluding hydrogens is 490 g/mol. The average Bonchev–Trinajstić information content (AvgIpc) is 2.87. The quantitative estimate of drug-likeness (QED) is 0.372. The van der Waals surface area contributed by atoms with E-state index in [0.717, 1.165) is 23.4 Å². The molecule has 0 unspecified atom stereocenters. The van der Waals surface area contributed by atoms with E-state index >= 15 is 0 Å². The van der Waals surface area contributed by atoms with Gasteiger partial charge in [-0.15, -0.1) is 0 Å². The fourth-order valence-electron chi connectivity index (χ4n) is 4.53. The minimum atomic E-state index is -0.798. The number of ether oxygens (including phenoxy) is 1. The molecule has 1 aliphatic rings. The van der Waals surface area contributed by atoms with Gasteiger partial charge >= 0.3 is 0 Å². The van der Waals surface area contributed by atoms with Crippen molar-refractivity contribution in [1.29, 1.82) is 0 Å². The maximum Gasteiger partial charge on any atom is 0.279 e. The number of rotatable bonds is 3. The maximum absolute atomic E-state index is 14.9. The van der Waals surface area contributed by atoms with Gasteiger partial charge in [0.25, 0.3) is 5.56 Å². The number of hydrogen-bond donors (Lipinski definition) is 0. The number of hydrogen-bond acceptors (Lipinski definition) is 7. The molecule has 1 saturated heterocycles. The summed E-state index contributed by atoms with van der Waals surface area (Å²) in [4.78, 5) is 33.1. The summed E-state index contributed by atoms with van der Waals surface area (Å²) in [5.74, 6) is -0.835. The van der Waals surface area contributed by atoms with Gasteiger partial charge in [-0.2, -0.15) is 0 Å². The van der Waals surface area contributed by atoms with Crippen molar-refractivity contribution >= 4 is 17.0 Å². The Bertz CT molecular complexity index is 1550. The number of benzene rings is 1. The number of morpholine rings is 1. The molecule has 38 heavy (non-hydrogen) atoms. The lowest BCUT2D eigenvalue weighted by molar-refractivity contribution is -0.0859. The van der Waals surface area contributed by atoms with Crippen LogP contribution in [-0.2, 0) is 11.8 Å². The van der Waals surface area contributed by atoms with Gasteiger partial charge in [-0.25, -0.2) is 23.7 Å². The predicted molar refractivity (Wildman–Crippen MR) is 143 cm³/mol. The standard InChI is InChI=1S/C26H26F2N6O2.C2H6/c1-14-10-16(8-9-29-14)20-12-34(13-26(3,4)36-20)25-31-21(18-7-6-17(27)11-19(18)28)22-23(32-25)24(35)33(5)15(2)30-22;1-2/h6-11,20H,12-13H2,1-5H3;1-2H3/t20-;/m0./s1. The number of fused-ring (bicyclic) bond motifs is 1. The van der Waals surface area contributed by atoms with E-state index in [1.54, 1.807) is 20.2 Å². The second-order valence-corrected chi connectivity index (χ2v) is 9.69. The summed E-state index contributed by atoms with van der Waals surface area (Å²) in [5.41, 5.74) is 1.28. The van der Waals surface area contributed by atoms with E-state index in [1.807, 2.05) is 51.7 Å². The normalized spacial score (nSPS) is 16.8. The van der Waals surface area contributed by atoms with Crippen molar-refractivity contribution in [1.82, 2.24) is 24.5 Å². The fourth-order valence-corrected chi connectivity index (χ4v) is 4.53. The van der Waals surface area contributed by atoms with Crippen LogP contribution in [0.1, 0.15) is 50.9 Å². The summed E-state index contributed by atoms with van der Waals surface area (Å²) in [6.07, 6.45) is 1.43. The van der Waals surface area contributed by atoms with Crippen LogP contribution < -0.4 is 10.5 Å². The van der Waals surface area contributed by atoms with E-state index in [1.165, 1.54) is 10.6 Å². The van der Waals surface area contributed by atoms with E-state index in [0.29, 0.717) is 18.9 Å². The van der Waals surface area contributed by atoms with Crippen molar-refractivity contribution in [3.05, 3.63) is 75.6 Å². The van der Waals surface area contributed by atoms with E-state index in [4.69, 9.17) is 4.74 Å². The molecule has 0 saturated carbocycles. The van der Waals surface area contributed by atoms with E-state index in [9.17, 15) is 13.6 Å². The molecule has 0 radical (unpaired) electrons. The molecule has 4 heterocycles. The highest BCUT2D eigenvalue weighted by Gasteiger charge is 2.36. The molecule has 4 aromatic rings. The minimum absolute atomic E-state index is 0.0408. The number of halogens is 2. The van der Waals surface area contributed by atoms with E-state index in [-0.39, 0.29) is 39.9 Å². The second-order valence-electron chi connectivity index (χ2n) is 9.69. The molecule has 5 rings (SSSR count). The molecule has 8 nitrogen and oxygen atoms in total. The number of aryl methyl sites for hydroxylation is 2. The van der Waals surface area contributed by atoms with Gasteiger partial charge in [0, 0.05) is 37.1 Å². The first-order chi connectivity index (χ1) is 18.0. The van der Waals surface area contributed by atoms with Crippen LogP contribution in [0.3, 0.4) is 0 Å². The number of nitrogens with zero attached hydrogens (tertiary/aromatic N) is 6. The molecule has 0 spiro atoms. The molecule has 0 bridgehead atoms. The lowest BCUT2D eigenvalue weighted by Crippen LogP contribution is -2.50. The molecule has 1 aliphatic heterocycles. The van der Waals surface area contributed by atoms with Gasteiger partial charge in [0.2, 0.25) is 5.95 Å². The molecule has 1 aromatic carbocycles. The Morgan fingerprint density at radius 2 is 1.76 bits per heavy atom. The highest BCUT2D eigenvalue weighted by Crippen LogP contribution is 2.34. The minimum Gasteiger partial charge on any atom is -0.364 e. The van der Waals surface area contributed by atoms with Gasteiger partial charge in [-0.1, -0.05) is 13.8 Å². The van der Waals surface area contributed by atoms with Crippen LogP contribution in [-0.4, -0.2) is 43.2 Å². The third-order valence-corrected chi connectivity index (χ3v) is 6.32. The zero-order valence-corrected chi connectivity index (χ0v) is 22.7. The van der Waals surface area contributed by atoms with Gasteiger partial charge in [-0.05, 0) is 57.5 Å². The summed E-state index contributed by atoms with van der Waals surface area (Å²) in [6, 6.07) is 7.11. The van der Waals surface area contributed by atoms with E-state index in [2.05, 4.69) is 19.9 Å².